The molecule has 3 nitrogen and oxygen atoms in total. The number of pyridine rings is 1. The minimum Gasteiger partial charge on any atom is -0.398 e. The maximum atomic E-state index is 12.1. The fourth-order valence-electron chi connectivity index (χ4n) is 2.35. The predicted octanol–water partition coefficient (Wildman–Crippen LogP) is 4.36. The number of aromatic amines is 1. The molecule has 0 aliphatic carbocycles. The molecule has 3 N–H and O–H groups in total. The number of thioether (sulfide) groups is 1. The third-order valence-electron chi connectivity index (χ3n) is 3.63. The van der Waals surface area contributed by atoms with Crippen LogP contribution in [0.3, 0.4) is 0 Å². The molecule has 0 bridgehead atoms. The van der Waals surface area contributed by atoms with E-state index in [1.807, 2.05) is 43.3 Å². The predicted molar refractivity (Wildman–Crippen MR) is 94.7 cm³/mol. The summed E-state index contributed by atoms with van der Waals surface area (Å²) in [6, 6.07) is 13.3. The zero-order chi connectivity index (χ0) is 15.7. The van der Waals surface area contributed by atoms with Crippen LogP contribution in [-0.4, -0.2) is 4.98 Å². The maximum absolute atomic E-state index is 12.1. The summed E-state index contributed by atoms with van der Waals surface area (Å²) in [6.07, 6.45) is 0. The molecule has 0 saturated heterocycles. The average molecular weight is 331 g/mol. The normalized spacial score (nSPS) is 11.0. The summed E-state index contributed by atoms with van der Waals surface area (Å²) in [5.74, 6) is 0.688. The summed E-state index contributed by atoms with van der Waals surface area (Å²) >= 11 is 7.66. The molecule has 0 amide bonds. The van der Waals surface area contributed by atoms with Crippen LogP contribution in [-0.2, 0) is 5.75 Å². The molecule has 0 saturated carbocycles. The standard InChI is InChI=1S/C17H15ClN2OS/c1-10-13-7-6-12(18)8-14(13)17(20-16(10)21)22-9-11-4-2-3-5-15(11)19/h2-8H,9,19H2,1H3,(H,20,21). The van der Waals surface area contributed by atoms with Gasteiger partial charge in [-0.2, -0.15) is 0 Å². The lowest BCUT2D eigenvalue weighted by atomic mass is 10.1. The van der Waals surface area contributed by atoms with Gasteiger partial charge >= 0.3 is 0 Å². The van der Waals surface area contributed by atoms with Gasteiger partial charge in [0.25, 0.3) is 5.56 Å². The Balaban J connectivity index is 2.04. The van der Waals surface area contributed by atoms with Crippen molar-refractivity contribution >= 4 is 39.8 Å². The molecular weight excluding hydrogens is 316 g/mol. The van der Waals surface area contributed by atoms with Crippen LogP contribution in [0.25, 0.3) is 10.8 Å². The van der Waals surface area contributed by atoms with E-state index in [1.165, 1.54) is 0 Å². The number of para-hydroxylation sites is 1. The number of anilines is 1. The number of halogens is 1. The van der Waals surface area contributed by atoms with Crippen molar-refractivity contribution in [3.8, 4) is 0 Å². The number of fused-ring (bicyclic) bond motifs is 1. The minimum absolute atomic E-state index is 0.0710. The molecule has 0 aliphatic heterocycles. The van der Waals surface area contributed by atoms with Gasteiger partial charge in [-0.1, -0.05) is 35.9 Å². The van der Waals surface area contributed by atoms with Crippen molar-refractivity contribution in [2.45, 2.75) is 17.7 Å². The van der Waals surface area contributed by atoms with Gasteiger partial charge in [0.2, 0.25) is 0 Å². The molecule has 1 heterocycles. The number of nitrogens with two attached hydrogens (primary N) is 1. The van der Waals surface area contributed by atoms with E-state index in [2.05, 4.69) is 4.98 Å². The third-order valence-corrected chi connectivity index (χ3v) is 4.93. The number of H-pyrrole nitrogens is 1. The van der Waals surface area contributed by atoms with Crippen LogP contribution in [0.5, 0.6) is 0 Å². The van der Waals surface area contributed by atoms with Crippen molar-refractivity contribution in [1.29, 1.82) is 0 Å². The Bertz CT molecular complexity index is 905. The number of hydrogen-bond acceptors (Lipinski definition) is 3. The van der Waals surface area contributed by atoms with Crippen molar-refractivity contribution in [3.63, 3.8) is 0 Å². The number of benzene rings is 2. The van der Waals surface area contributed by atoms with Crippen molar-refractivity contribution < 1.29 is 0 Å². The van der Waals surface area contributed by atoms with Gasteiger partial charge in [-0.3, -0.25) is 4.79 Å². The van der Waals surface area contributed by atoms with Crippen molar-refractivity contribution in [3.05, 3.63) is 69.0 Å². The van der Waals surface area contributed by atoms with Crippen LogP contribution >= 0.6 is 23.4 Å². The van der Waals surface area contributed by atoms with Crippen LogP contribution in [0, 0.1) is 6.92 Å². The summed E-state index contributed by atoms with van der Waals surface area (Å²) in [5, 5.41) is 3.36. The van der Waals surface area contributed by atoms with Gasteiger partial charge in [0.1, 0.15) is 0 Å². The lowest BCUT2D eigenvalue weighted by molar-refractivity contribution is 1.09. The molecule has 0 unspecified atom stereocenters. The van der Waals surface area contributed by atoms with Gasteiger partial charge < -0.3 is 10.7 Å². The fourth-order valence-corrected chi connectivity index (χ4v) is 3.57. The van der Waals surface area contributed by atoms with Crippen molar-refractivity contribution in [2.24, 2.45) is 0 Å². The Hall–Kier alpha value is -1.91. The zero-order valence-electron chi connectivity index (χ0n) is 12.0. The van der Waals surface area contributed by atoms with E-state index < -0.39 is 0 Å². The summed E-state index contributed by atoms with van der Waals surface area (Å²) in [4.78, 5) is 15.0. The van der Waals surface area contributed by atoms with Crippen LogP contribution in [0.1, 0.15) is 11.1 Å². The number of aryl methyl sites for hydroxylation is 1. The highest BCUT2D eigenvalue weighted by atomic mass is 35.5. The number of nitrogen functional groups attached to an aromatic ring is 1. The largest absolute Gasteiger partial charge is 0.398 e. The number of hydrogen-bond donors (Lipinski definition) is 2. The maximum Gasteiger partial charge on any atom is 0.252 e. The minimum atomic E-state index is -0.0710. The van der Waals surface area contributed by atoms with E-state index >= 15 is 0 Å². The Morgan fingerprint density at radius 3 is 2.73 bits per heavy atom. The molecule has 0 fully saturated rings. The van der Waals surface area contributed by atoms with Crippen molar-refractivity contribution in [1.82, 2.24) is 4.98 Å². The molecule has 3 aromatic rings. The lowest BCUT2D eigenvalue weighted by Crippen LogP contribution is -2.11. The second-order valence-electron chi connectivity index (χ2n) is 5.09. The van der Waals surface area contributed by atoms with E-state index in [-0.39, 0.29) is 5.56 Å². The first kappa shape index (κ1) is 15.0. The number of aromatic nitrogens is 1. The van der Waals surface area contributed by atoms with Gasteiger partial charge in [-0.05, 0) is 36.1 Å². The second kappa shape index (κ2) is 6.07. The van der Waals surface area contributed by atoms with Gasteiger partial charge in [0.15, 0.2) is 0 Å². The smallest absolute Gasteiger partial charge is 0.252 e. The third kappa shape index (κ3) is 2.85. The highest BCUT2D eigenvalue weighted by Crippen LogP contribution is 2.31. The quantitative estimate of drug-likeness (QED) is 0.554. The molecule has 1 aromatic heterocycles. The Kier molecular flexibility index (Phi) is 4.14. The van der Waals surface area contributed by atoms with Gasteiger partial charge in [0, 0.05) is 27.4 Å². The number of rotatable bonds is 3. The zero-order valence-corrected chi connectivity index (χ0v) is 13.6. The van der Waals surface area contributed by atoms with Crippen molar-refractivity contribution in [2.75, 3.05) is 5.73 Å². The lowest BCUT2D eigenvalue weighted by Gasteiger charge is -2.10. The second-order valence-corrected chi connectivity index (χ2v) is 6.51. The molecule has 0 atom stereocenters. The fraction of sp³-hybridized carbons (Fsp3) is 0.118. The molecule has 5 heteroatoms. The first-order chi connectivity index (χ1) is 10.6. The molecule has 22 heavy (non-hydrogen) atoms. The molecule has 0 aliphatic rings. The van der Waals surface area contributed by atoms with Gasteiger partial charge in [-0.25, -0.2) is 0 Å². The highest BCUT2D eigenvalue weighted by Gasteiger charge is 2.10. The van der Waals surface area contributed by atoms with Gasteiger partial charge in [-0.15, -0.1) is 11.8 Å². The van der Waals surface area contributed by atoms with E-state index in [0.717, 1.165) is 27.0 Å². The first-order valence-corrected chi connectivity index (χ1v) is 8.21. The molecule has 3 rings (SSSR count). The average Bonchev–Trinajstić information content (AvgIpc) is 2.51. The SMILES string of the molecule is Cc1c(=O)[nH]c(SCc2ccccc2N)c2cc(Cl)ccc12. The highest BCUT2D eigenvalue weighted by molar-refractivity contribution is 7.98. The topological polar surface area (TPSA) is 58.9 Å². The van der Waals surface area contributed by atoms with E-state index in [9.17, 15) is 4.79 Å². The van der Waals surface area contributed by atoms with Gasteiger partial charge in [0.05, 0.1) is 5.03 Å². The molecule has 0 radical (unpaired) electrons. The molecular formula is C17H15ClN2OS. The summed E-state index contributed by atoms with van der Waals surface area (Å²) in [6.45, 7) is 1.82. The van der Waals surface area contributed by atoms with Crippen LogP contribution in [0.4, 0.5) is 5.69 Å². The Labute approximate surface area is 137 Å². The van der Waals surface area contributed by atoms with Crippen LogP contribution < -0.4 is 11.3 Å². The monoisotopic (exact) mass is 330 g/mol. The molecule has 112 valence electrons. The van der Waals surface area contributed by atoms with Crippen LogP contribution in [0.15, 0.2) is 52.3 Å². The van der Waals surface area contributed by atoms with E-state index in [0.29, 0.717) is 16.3 Å². The first-order valence-electron chi connectivity index (χ1n) is 6.84. The van der Waals surface area contributed by atoms with E-state index in [4.69, 9.17) is 17.3 Å². The van der Waals surface area contributed by atoms with Crippen LogP contribution in [0.2, 0.25) is 5.02 Å². The summed E-state index contributed by atoms with van der Waals surface area (Å²) < 4.78 is 0. The summed E-state index contributed by atoms with van der Waals surface area (Å²) in [7, 11) is 0. The molecule has 0 spiro atoms. The Morgan fingerprint density at radius 1 is 1.18 bits per heavy atom. The van der Waals surface area contributed by atoms with E-state index in [1.54, 1.807) is 17.8 Å². The summed E-state index contributed by atoms with van der Waals surface area (Å²) in [5.41, 5.74) is 8.40. The number of nitrogens with one attached hydrogen (secondary N) is 1. The molecule has 2 aromatic carbocycles. The Morgan fingerprint density at radius 2 is 1.95 bits per heavy atom.